The molecule has 100 valence electrons. The Morgan fingerprint density at radius 2 is 1.95 bits per heavy atom. The van der Waals surface area contributed by atoms with E-state index in [1.807, 2.05) is 0 Å². The number of anilines is 1. The van der Waals surface area contributed by atoms with Gasteiger partial charge in [0.25, 0.3) is 0 Å². The van der Waals surface area contributed by atoms with Crippen LogP contribution in [0.5, 0.6) is 5.75 Å². The number of benzene rings is 2. The van der Waals surface area contributed by atoms with Gasteiger partial charge in [0.05, 0.1) is 17.3 Å². The van der Waals surface area contributed by atoms with E-state index in [0.717, 1.165) is 5.56 Å². The Morgan fingerprint density at radius 1 is 1.10 bits per heavy atom. The molecule has 0 saturated carbocycles. The fourth-order valence-corrected chi connectivity index (χ4v) is 2.63. The summed E-state index contributed by atoms with van der Waals surface area (Å²) in [5.41, 5.74) is 11.0. The molecule has 2 aromatic rings. The van der Waals surface area contributed by atoms with Crippen LogP contribution in [0.2, 0.25) is 0 Å². The van der Waals surface area contributed by atoms with Crippen molar-refractivity contribution in [1.29, 1.82) is 5.26 Å². The molecule has 0 heterocycles. The molecule has 0 amide bonds. The minimum atomic E-state index is 0.503. The average molecular weight is 264 g/mol. The normalized spacial score (nSPS) is 12.8. The van der Waals surface area contributed by atoms with Crippen molar-refractivity contribution in [2.45, 2.75) is 25.9 Å². The molecule has 0 unspecified atom stereocenters. The minimum absolute atomic E-state index is 0.503. The van der Waals surface area contributed by atoms with Gasteiger partial charge in [-0.2, -0.15) is 5.26 Å². The average Bonchev–Trinajstić information content (AvgIpc) is 2.93. The third-order valence-electron chi connectivity index (χ3n) is 3.70. The summed E-state index contributed by atoms with van der Waals surface area (Å²) in [6.07, 6.45) is 3.61. The van der Waals surface area contributed by atoms with Crippen molar-refractivity contribution >= 4 is 5.69 Å². The summed E-state index contributed by atoms with van der Waals surface area (Å²) in [5.74, 6) is 0.629. The van der Waals surface area contributed by atoms with Gasteiger partial charge in [-0.15, -0.1) is 0 Å². The van der Waals surface area contributed by atoms with Gasteiger partial charge >= 0.3 is 0 Å². The molecule has 0 atom stereocenters. The Hall–Kier alpha value is -2.47. The zero-order chi connectivity index (χ0) is 13.9. The van der Waals surface area contributed by atoms with Crippen molar-refractivity contribution in [1.82, 2.24) is 0 Å². The number of hydrogen-bond acceptors (Lipinski definition) is 3. The van der Waals surface area contributed by atoms with Crippen LogP contribution in [0.3, 0.4) is 0 Å². The molecule has 0 bridgehead atoms. The molecule has 0 radical (unpaired) electrons. The number of nitrogen functional groups attached to an aromatic ring is 1. The van der Waals surface area contributed by atoms with Gasteiger partial charge in [-0.25, -0.2) is 0 Å². The quantitative estimate of drug-likeness (QED) is 0.866. The number of ether oxygens (including phenoxy) is 1. The Morgan fingerprint density at radius 3 is 2.75 bits per heavy atom. The monoisotopic (exact) mass is 264 g/mol. The second-order valence-corrected chi connectivity index (χ2v) is 5.11. The smallest absolute Gasteiger partial charge is 0.142 e. The maximum Gasteiger partial charge on any atom is 0.142 e. The predicted octanol–water partition coefficient (Wildman–Crippen LogP) is 3.21. The first-order chi connectivity index (χ1) is 9.76. The molecule has 0 saturated heterocycles. The first-order valence-corrected chi connectivity index (χ1v) is 6.79. The molecule has 2 N–H and O–H groups in total. The predicted molar refractivity (Wildman–Crippen MR) is 78.4 cm³/mol. The Balaban J connectivity index is 1.72. The van der Waals surface area contributed by atoms with Crippen LogP contribution in [0, 0.1) is 11.3 Å². The summed E-state index contributed by atoms with van der Waals surface area (Å²) >= 11 is 0. The Bertz CT molecular complexity index is 686. The van der Waals surface area contributed by atoms with Crippen LogP contribution in [0.25, 0.3) is 0 Å². The summed E-state index contributed by atoms with van der Waals surface area (Å²) in [5, 5.41) is 8.80. The van der Waals surface area contributed by atoms with Crippen LogP contribution in [-0.2, 0) is 19.4 Å². The molecule has 1 aliphatic rings. The zero-order valence-corrected chi connectivity index (χ0v) is 11.2. The molecule has 3 nitrogen and oxygen atoms in total. The second-order valence-electron chi connectivity index (χ2n) is 5.11. The van der Waals surface area contributed by atoms with Crippen LogP contribution >= 0.6 is 0 Å². The molecular weight excluding hydrogens is 248 g/mol. The highest BCUT2D eigenvalue weighted by Gasteiger charge is 2.11. The SMILES string of the molecule is N#Cc1ccc(OCc2ccc3c(c2)CCC3)c(N)c1. The van der Waals surface area contributed by atoms with Crippen molar-refractivity contribution in [2.24, 2.45) is 0 Å². The Kier molecular flexibility index (Phi) is 3.30. The van der Waals surface area contributed by atoms with Gasteiger partial charge in [-0.05, 0) is 54.2 Å². The fraction of sp³-hybridized carbons (Fsp3) is 0.235. The topological polar surface area (TPSA) is 59.0 Å². The number of nitriles is 1. The maximum atomic E-state index is 8.80. The molecule has 0 aliphatic heterocycles. The molecule has 20 heavy (non-hydrogen) atoms. The molecule has 3 heteroatoms. The van der Waals surface area contributed by atoms with Gasteiger partial charge in [0, 0.05) is 0 Å². The van der Waals surface area contributed by atoms with Crippen LogP contribution in [0.4, 0.5) is 5.69 Å². The van der Waals surface area contributed by atoms with Crippen LogP contribution in [0.1, 0.15) is 28.7 Å². The highest BCUT2D eigenvalue weighted by atomic mass is 16.5. The summed E-state index contributed by atoms with van der Waals surface area (Å²) in [6, 6.07) is 13.7. The molecule has 2 aromatic carbocycles. The van der Waals surface area contributed by atoms with E-state index in [9.17, 15) is 0 Å². The Labute approximate surface area is 118 Å². The lowest BCUT2D eigenvalue weighted by molar-refractivity contribution is 0.308. The lowest BCUT2D eigenvalue weighted by Crippen LogP contribution is -2.00. The van der Waals surface area contributed by atoms with Gasteiger partial charge in [0.2, 0.25) is 0 Å². The van der Waals surface area contributed by atoms with Crippen LogP contribution in [-0.4, -0.2) is 0 Å². The van der Waals surface area contributed by atoms with Crippen molar-refractivity contribution in [3.8, 4) is 11.8 Å². The van der Waals surface area contributed by atoms with Crippen LogP contribution in [0.15, 0.2) is 36.4 Å². The largest absolute Gasteiger partial charge is 0.487 e. The van der Waals surface area contributed by atoms with Crippen molar-refractivity contribution in [2.75, 3.05) is 5.73 Å². The van der Waals surface area contributed by atoms with Gasteiger partial charge in [-0.1, -0.05) is 18.2 Å². The number of fused-ring (bicyclic) bond motifs is 1. The van der Waals surface area contributed by atoms with E-state index in [2.05, 4.69) is 24.3 Å². The standard InChI is InChI=1S/C17H16N2O/c18-10-12-5-7-17(16(19)9-12)20-11-13-4-6-14-2-1-3-15(14)8-13/h4-9H,1-3,11,19H2. The van der Waals surface area contributed by atoms with Gasteiger partial charge in [0.15, 0.2) is 0 Å². The van der Waals surface area contributed by atoms with Gasteiger partial charge < -0.3 is 10.5 Å². The molecule has 1 aliphatic carbocycles. The van der Waals surface area contributed by atoms with E-state index in [1.54, 1.807) is 18.2 Å². The summed E-state index contributed by atoms with van der Waals surface area (Å²) in [7, 11) is 0. The number of hydrogen-bond donors (Lipinski definition) is 1. The molecule has 3 rings (SSSR count). The highest BCUT2D eigenvalue weighted by molar-refractivity contribution is 5.56. The second kappa shape index (κ2) is 5.26. The van der Waals surface area contributed by atoms with Crippen molar-refractivity contribution < 1.29 is 4.74 Å². The number of rotatable bonds is 3. The summed E-state index contributed by atoms with van der Waals surface area (Å²) in [6.45, 7) is 0.503. The molecular formula is C17H16N2O. The van der Waals surface area contributed by atoms with E-state index in [1.165, 1.54) is 30.4 Å². The number of nitrogens with zero attached hydrogens (tertiary/aromatic N) is 1. The highest BCUT2D eigenvalue weighted by Crippen LogP contribution is 2.25. The van der Waals surface area contributed by atoms with Crippen LogP contribution < -0.4 is 10.5 Å². The fourth-order valence-electron chi connectivity index (χ4n) is 2.63. The van der Waals surface area contributed by atoms with E-state index >= 15 is 0 Å². The molecule has 0 spiro atoms. The van der Waals surface area contributed by atoms with Gasteiger partial charge in [-0.3, -0.25) is 0 Å². The number of nitrogens with two attached hydrogens (primary N) is 1. The lowest BCUT2D eigenvalue weighted by atomic mass is 10.1. The number of aryl methyl sites for hydroxylation is 2. The third-order valence-corrected chi connectivity index (χ3v) is 3.70. The van der Waals surface area contributed by atoms with Gasteiger partial charge in [0.1, 0.15) is 12.4 Å². The molecule has 0 fully saturated rings. The first kappa shape index (κ1) is 12.6. The van der Waals surface area contributed by atoms with E-state index in [-0.39, 0.29) is 0 Å². The summed E-state index contributed by atoms with van der Waals surface area (Å²) < 4.78 is 5.75. The van der Waals surface area contributed by atoms with Crippen molar-refractivity contribution in [3.05, 3.63) is 58.7 Å². The lowest BCUT2D eigenvalue weighted by Gasteiger charge is -2.10. The zero-order valence-electron chi connectivity index (χ0n) is 11.2. The molecule has 0 aromatic heterocycles. The summed E-state index contributed by atoms with van der Waals surface area (Å²) in [4.78, 5) is 0. The third kappa shape index (κ3) is 2.46. The van der Waals surface area contributed by atoms with Crippen molar-refractivity contribution in [3.63, 3.8) is 0 Å². The first-order valence-electron chi connectivity index (χ1n) is 6.79. The van der Waals surface area contributed by atoms with E-state index < -0.39 is 0 Å². The van der Waals surface area contributed by atoms with E-state index in [4.69, 9.17) is 15.7 Å². The van der Waals surface area contributed by atoms with E-state index in [0.29, 0.717) is 23.6 Å². The minimum Gasteiger partial charge on any atom is -0.487 e. The maximum absolute atomic E-state index is 8.80.